The van der Waals surface area contributed by atoms with Crippen LogP contribution in [0.5, 0.6) is 0 Å². The van der Waals surface area contributed by atoms with Gasteiger partial charge in [-0.2, -0.15) is 12.6 Å². The SMILES string of the molecule is O=C(CS)NC[C@@H](O)[C@H](O)C(O)CO. The lowest BCUT2D eigenvalue weighted by Crippen LogP contribution is -2.46. The summed E-state index contributed by atoms with van der Waals surface area (Å²) in [6, 6.07) is 0. The van der Waals surface area contributed by atoms with Crippen molar-refractivity contribution in [3.8, 4) is 0 Å². The maximum Gasteiger partial charge on any atom is 0.229 e. The van der Waals surface area contributed by atoms with Gasteiger partial charge in [0, 0.05) is 6.54 Å². The van der Waals surface area contributed by atoms with Crippen molar-refractivity contribution in [2.45, 2.75) is 18.3 Å². The van der Waals surface area contributed by atoms with Crippen molar-refractivity contribution in [2.75, 3.05) is 18.9 Å². The molecule has 0 bridgehead atoms. The predicted molar refractivity (Wildman–Crippen MR) is 52.0 cm³/mol. The second kappa shape index (κ2) is 7.02. The summed E-state index contributed by atoms with van der Waals surface area (Å²) in [5, 5.41) is 38.0. The first-order valence-electron chi connectivity index (χ1n) is 4.05. The third kappa shape index (κ3) is 4.77. The molecule has 14 heavy (non-hydrogen) atoms. The van der Waals surface area contributed by atoms with Gasteiger partial charge in [0.15, 0.2) is 0 Å². The van der Waals surface area contributed by atoms with Crippen molar-refractivity contribution in [3.05, 3.63) is 0 Å². The molecule has 0 saturated carbocycles. The number of aliphatic hydroxyl groups excluding tert-OH is 4. The zero-order valence-corrected chi connectivity index (χ0v) is 8.39. The predicted octanol–water partition coefficient (Wildman–Crippen LogP) is -2.89. The van der Waals surface area contributed by atoms with Crippen LogP contribution in [0, 0.1) is 0 Å². The van der Waals surface area contributed by atoms with E-state index in [9.17, 15) is 9.90 Å². The second-order valence-electron chi connectivity index (χ2n) is 2.77. The van der Waals surface area contributed by atoms with E-state index in [0.29, 0.717) is 0 Å². The van der Waals surface area contributed by atoms with Crippen molar-refractivity contribution >= 4 is 18.5 Å². The number of aliphatic hydroxyl groups is 4. The summed E-state index contributed by atoms with van der Waals surface area (Å²) < 4.78 is 0. The molecule has 0 aromatic heterocycles. The molecular weight excluding hydrogens is 210 g/mol. The van der Waals surface area contributed by atoms with Crippen molar-refractivity contribution in [3.63, 3.8) is 0 Å². The molecule has 0 aliphatic carbocycles. The number of amides is 1. The van der Waals surface area contributed by atoms with Crippen LogP contribution in [0.1, 0.15) is 0 Å². The summed E-state index contributed by atoms with van der Waals surface area (Å²) in [5.41, 5.74) is 0. The van der Waals surface area contributed by atoms with Crippen LogP contribution in [-0.4, -0.2) is 63.5 Å². The van der Waals surface area contributed by atoms with E-state index in [1.54, 1.807) is 0 Å². The van der Waals surface area contributed by atoms with Crippen LogP contribution in [0.3, 0.4) is 0 Å². The molecule has 0 rings (SSSR count). The highest BCUT2D eigenvalue weighted by atomic mass is 32.1. The van der Waals surface area contributed by atoms with Crippen LogP contribution >= 0.6 is 12.6 Å². The zero-order chi connectivity index (χ0) is 11.1. The Kier molecular flexibility index (Phi) is 6.85. The van der Waals surface area contributed by atoms with Crippen LogP contribution in [-0.2, 0) is 4.79 Å². The van der Waals surface area contributed by atoms with Gasteiger partial charge in [0.1, 0.15) is 12.2 Å². The maximum atomic E-state index is 10.7. The van der Waals surface area contributed by atoms with Gasteiger partial charge in [0.05, 0.1) is 18.5 Å². The maximum absolute atomic E-state index is 10.7. The number of nitrogens with one attached hydrogen (secondary N) is 1. The van der Waals surface area contributed by atoms with Crippen LogP contribution in [0.4, 0.5) is 0 Å². The summed E-state index contributed by atoms with van der Waals surface area (Å²) in [4.78, 5) is 10.7. The van der Waals surface area contributed by atoms with Crippen molar-refractivity contribution in [2.24, 2.45) is 0 Å². The van der Waals surface area contributed by atoms with Crippen LogP contribution in [0.25, 0.3) is 0 Å². The highest BCUT2D eigenvalue weighted by molar-refractivity contribution is 7.81. The van der Waals surface area contributed by atoms with E-state index in [4.69, 9.17) is 15.3 Å². The summed E-state index contributed by atoms with van der Waals surface area (Å²) in [6.45, 7) is -0.851. The largest absolute Gasteiger partial charge is 0.394 e. The fraction of sp³-hybridized carbons (Fsp3) is 0.857. The number of carbonyl (C=O) groups excluding carboxylic acids is 1. The smallest absolute Gasteiger partial charge is 0.229 e. The van der Waals surface area contributed by atoms with E-state index in [2.05, 4.69) is 17.9 Å². The second-order valence-corrected chi connectivity index (χ2v) is 3.09. The summed E-state index contributed by atoms with van der Waals surface area (Å²) in [7, 11) is 0. The molecule has 0 aliphatic heterocycles. The average molecular weight is 225 g/mol. The van der Waals surface area contributed by atoms with E-state index in [1.807, 2.05) is 0 Å². The minimum Gasteiger partial charge on any atom is -0.394 e. The molecule has 0 aliphatic rings. The summed E-state index contributed by atoms with van der Waals surface area (Å²) in [6.07, 6.45) is -4.22. The van der Waals surface area contributed by atoms with Crippen LogP contribution in [0.2, 0.25) is 0 Å². The molecule has 0 aromatic carbocycles. The minimum absolute atomic E-state index is 0.0225. The van der Waals surface area contributed by atoms with Gasteiger partial charge in [-0.1, -0.05) is 0 Å². The molecule has 0 radical (unpaired) electrons. The Morgan fingerprint density at radius 1 is 1.29 bits per heavy atom. The topological polar surface area (TPSA) is 110 Å². The highest BCUT2D eigenvalue weighted by Gasteiger charge is 2.23. The summed E-state index contributed by atoms with van der Waals surface area (Å²) in [5.74, 6) is -0.413. The first-order chi connectivity index (χ1) is 6.52. The minimum atomic E-state index is -1.49. The van der Waals surface area contributed by atoms with Crippen molar-refractivity contribution in [1.29, 1.82) is 0 Å². The first-order valence-corrected chi connectivity index (χ1v) is 4.68. The molecule has 0 fully saturated rings. The molecule has 0 aromatic rings. The van der Waals surface area contributed by atoms with Gasteiger partial charge in [0.25, 0.3) is 0 Å². The van der Waals surface area contributed by atoms with Gasteiger partial charge >= 0.3 is 0 Å². The molecule has 1 unspecified atom stereocenters. The number of carbonyl (C=O) groups is 1. The lowest BCUT2D eigenvalue weighted by Gasteiger charge is -2.21. The lowest BCUT2D eigenvalue weighted by molar-refractivity contribution is -0.120. The molecule has 84 valence electrons. The van der Waals surface area contributed by atoms with E-state index < -0.39 is 30.8 Å². The highest BCUT2D eigenvalue weighted by Crippen LogP contribution is 1.98. The van der Waals surface area contributed by atoms with E-state index >= 15 is 0 Å². The van der Waals surface area contributed by atoms with Crippen LogP contribution in [0.15, 0.2) is 0 Å². The third-order valence-electron chi connectivity index (χ3n) is 1.63. The number of hydrogen-bond donors (Lipinski definition) is 6. The van der Waals surface area contributed by atoms with E-state index in [0.717, 1.165) is 0 Å². The van der Waals surface area contributed by atoms with Crippen molar-refractivity contribution < 1.29 is 25.2 Å². The van der Waals surface area contributed by atoms with E-state index in [1.165, 1.54) is 0 Å². The molecular formula is C7H15NO5S. The fourth-order valence-corrected chi connectivity index (χ4v) is 0.871. The standard InChI is InChI=1S/C7H15NO5S/c9-2-5(11)7(13)4(10)1-8-6(12)3-14/h4-5,7,9-11,13-14H,1-3H2,(H,8,12)/t4-,5?,7+/m1/s1. The monoisotopic (exact) mass is 225 g/mol. The van der Waals surface area contributed by atoms with E-state index in [-0.39, 0.29) is 12.3 Å². The van der Waals surface area contributed by atoms with Gasteiger partial charge in [-0.3, -0.25) is 4.79 Å². The molecule has 5 N–H and O–H groups in total. The Morgan fingerprint density at radius 3 is 2.29 bits per heavy atom. The molecule has 6 nitrogen and oxygen atoms in total. The normalized spacial score (nSPS) is 17.2. The molecule has 0 heterocycles. The Hall–Kier alpha value is -0.340. The van der Waals surface area contributed by atoms with Crippen molar-refractivity contribution in [1.82, 2.24) is 5.32 Å². The number of hydrogen-bond acceptors (Lipinski definition) is 6. The number of thiol groups is 1. The molecule has 1 amide bonds. The Morgan fingerprint density at radius 2 is 1.86 bits per heavy atom. The first kappa shape index (κ1) is 13.7. The van der Waals surface area contributed by atoms with Gasteiger partial charge in [-0.05, 0) is 0 Å². The van der Waals surface area contributed by atoms with Crippen LogP contribution < -0.4 is 5.32 Å². The van der Waals surface area contributed by atoms with Gasteiger partial charge < -0.3 is 25.7 Å². The fourth-order valence-electron chi connectivity index (χ4n) is 0.759. The molecule has 7 heteroatoms. The molecule has 3 atom stereocenters. The average Bonchev–Trinajstić information content (AvgIpc) is 2.22. The van der Waals surface area contributed by atoms with Gasteiger partial charge in [0.2, 0.25) is 5.91 Å². The Labute approximate surface area is 87.0 Å². The van der Waals surface area contributed by atoms with Gasteiger partial charge in [-0.25, -0.2) is 0 Å². The third-order valence-corrected chi connectivity index (χ3v) is 1.91. The quantitative estimate of drug-likeness (QED) is 0.272. The summed E-state index contributed by atoms with van der Waals surface area (Å²) >= 11 is 3.68. The number of rotatable bonds is 6. The molecule has 0 saturated heterocycles. The zero-order valence-electron chi connectivity index (χ0n) is 7.50. The molecule has 0 spiro atoms. The lowest BCUT2D eigenvalue weighted by atomic mass is 10.1. The van der Waals surface area contributed by atoms with Gasteiger partial charge in [-0.15, -0.1) is 0 Å². The Bertz CT molecular complexity index is 179. The Balaban J connectivity index is 3.83.